The van der Waals surface area contributed by atoms with E-state index in [2.05, 4.69) is 5.32 Å². The zero-order valence-electron chi connectivity index (χ0n) is 9.99. The average molecular weight is 253 g/mol. The molecule has 1 heterocycles. The van der Waals surface area contributed by atoms with Crippen LogP contribution < -0.4 is 11.1 Å². The molecule has 0 atom stereocenters. The topological polar surface area (TPSA) is 67.6 Å². The number of ether oxygens (including phenoxy) is 1. The van der Waals surface area contributed by atoms with Gasteiger partial charge in [0.2, 0.25) is 0 Å². The van der Waals surface area contributed by atoms with Gasteiger partial charge in [0.25, 0.3) is 0 Å². The Hall–Kier alpha value is -1.66. The third kappa shape index (κ3) is 2.77. The van der Waals surface area contributed by atoms with Gasteiger partial charge in [-0.3, -0.25) is 0 Å². The Bertz CT molecular complexity index is 433. The normalized spacial score (nSPS) is 15.6. The summed E-state index contributed by atoms with van der Waals surface area (Å²) < 4.78 is 18.6. The molecule has 1 saturated heterocycles. The van der Waals surface area contributed by atoms with Crippen molar-refractivity contribution in [2.24, 2.45) is 5.73 Å². The van der Waals surface area contributed by atoms with Crippen LogP contribution in [-0.4, -0.2) is 37.2 Å². The van der Waals surface area contributed by atoms with Crippen LogP contribution in [0.5, 0.6) is 0 Å². The summed E-state index contributed by atoms with van der Waals surface area (Å²) in [5.41, 5.74) is 6.22. The van der Waals surface area contributed by atoms with E-state index in [-0.39, 0.29) is 12.6 Å². The number of hydrogen-bond acceptors (Lipinski definition) is 3. The number of anilines is 1. The summed E-state index contributed by atoms with van der Waals surface area (Å²) in [6.45, 7) is 2.18. The number of nitrogens with one attached hydrogen (secondary N) is 1. The number of morpholine rings is 1. The molecule has 2 amide bonds. The first-order valence-corrected chi connectivity index (χ1v) is 5.83. The molecule has 2 rings (SSSR count). The number of hydrogen-bond donors (Lipinski definition) is 2. The molecule has 98 valence electrons. The maximum absolute atomic E-state index is 13.5. The molecule has 0 unspecified atom stereocenters. The Kier molecular flexibility index (Phi) is 4.11. The Morgan fingerprint density at radius 1 is 1.44 bits per heavy atom. The Labute approximate surface area is 105 Å². The zero-order chi connectivity index (χ0) is 13.0. The van der Waals surface area contributed by atoms with Crippen LogP contribution in [0.15, 0.2) is 18.2 Å². The molecule has 1 fully saturated rings. The first kappa shape index (κ1) is 12.8. The van der Waals surface area contributed by atoms with E-state index in [1.807, 2.05) is 0 Å². The second kappa shape index (κ2) is 5.79. The van der Waals surface area contributed by atoms with Gasteiger partial charge in [0.1, 0.15) is 5.82 Å². The summed E-state index contributed by atoms with van der Waals surface area (Å²) in [4.78, 5) is 13.6. The summed E-state index contributed by atoms with van der Waals surface area (Å²) in [6, 6.07) is 4.26. The van der Waals surface area contributed by atoms with Gasteiger partial charge in [-0.25, -0.2) is 9.18 Å². The van der Waals surface area contributed by atoms with E-state index < -0.39 is 5.82 Å². The van der Waals surface area contributed by atoms with E-state index >= 15 is 0 Å². The van der Waals surface area contributed by atoms with E-state index in [9.17, 15) is 9.18 Å². The van der Waals surface area contributed by atoms with Crippen molar-refractivity contribution in [3.63, 3.8) is 0 Å². The number of rotatable bonds is 2. The second-order valence-corrected chi connectivity index (χ2v) is 4.00. The maximum atomic E-state index is 13.5. The molecule has 0 aliphatic carbocycles. The fraction of sp³-hybridized carbons (Fsp3) is 0.417. The van der Waals surface area contributed by atoms with E-state index in [0.717, 1.165) is 0 Å². The molecule has 1 aliphatic rings. The van der Waals surface area contributed by atoms with E-state index in [0.29, 0.717) is 37.6 Å². The Morgan fingerprint density at radius 2 is 2.17 bits per heavy atom. The van der Waals surface area contributed by atoms with Crippen molar-refractivity contribution in [1.29, 1.82) is 0 Å². The van der Waals surface area contributed by atoms with E-state index in [4.69, 9.17) is 10.5 Å². The average Bonchev–Trinajstić information content (AvgIpc) is 2.40. The molecule has 3 N–H and O–H groups in total. The fourth-order valence-electron chi connectivity index (χ4n) is 1.84. The quantitative estimate of drug-likeness (QED) is 0.830. The molecule has 6 heteroatoms. The zero-order valence-corrected chi connectivity index (χ0v) is 9.99. The number of nitrogens with zero attached hydrogens (tertiary/aromatic N) is 1. The molecule has 0 bridgehead atoms. The van der Waals surface area contributed by atoms with Crippen LogP contribution >= 0.6 is 0 Å². The van der Waals surface area contributed by atoms with Crippen LogP contribution in [0.4, 0.5) is 14.9 Å². The molecule has 0 radical (unpaired) electrons. The lowest BCUT2D eigenvalue weighted by atomic mass is 10.1. The minimum absolute atomic E-state index is 0.0470. The molecular weight excluding hydrogens is 237 g/mol. The number of urea groups is 1. The smallest absolute Gasteiger partial charge is 0.322 e. The van der Waals surface area contributed by atoms with E-state index in [1.54, 1.807) is 17.0 Å². The van der Waals surface area contributed by atoms with E-state index in [1.165, 1.54) is 6.07 Å². The molecule has 5 nitrogen and oxygen atoms in total. The molecule has 1 aliphatic heterocycles. The highest BCUT2D eigenvalue weighted by molar-refractivity contribution is 5.90. The Morgan fingerprint density at radius 3 is 2.83 bits per heavy atom. The Balaban J connectivity index is 2.08. The molecule has 0 spiro atoms. The third-order valence-electron chi connectivity index (χ3n) is 2.86. The van der Waals surface area contributed by atoms with Crippen molar-refractivity contribution in [2.75, 3.05) is 31.6 Å². The van der Waals surface area contributed by atoms with Crippen LogP contribution in [0.25, 0.3) is 0 Å². The maximum Gasteiger partial charge on any atom is 0.322 e. The van der Waals surface area contributed by atoms with Crippen LogP contribution in [-0.2, 0) is 11.3 Å². The van der Waals surface area contributed by atoms with Crippen molar-refractivity contribution in [3.05, 3.63) is 29.6 Å². The number of nitrogens with two attached hydrogens (primary N) is 1. The van der Waals surface area contributed by atoms with Crippen molar-refractivity contribution < 1.29 is 13.9 Å². The van der Waals surface area contributed by atoms with Crippen molar-refractivity contribution >= 4 is 11.7 Å². The lowest BCUT2D eigenvalue weighted by Crippen LogP contribution is -2.43. The van der Waals surface area contributed by atoms with Gasteiger partial charge < -0.3 is 20.7 Å². The summed E-state index contributed by atoms with van der Waals surface area (Å²) in [5.74, 6) is -0.405. The minimum Gasteiger partial charge on any atom is -0.378 e. The summed E-state index contributed by atoms with van der Waals surface area (Å²) >= 11 is 0. The standard InChI is InChI=1S/C12H16FN3O2/c13-10-2-1-3-11(9(10)8-14)15-12(17)16-4-6-18-7-5-16/h1-3H,4-8,14H2,(H,15,17). The number of benzene rings is 1. The van der Waals surface area contributed by atoms with Gasteiger partial charge in [-0.1, -0.05) is 6.07 Å². The van der Waals surface area contributed by atoms with Crippen molar-refractivity contribution in [2.45, 2.75) is 6.54 Å². The highest BCUT2D eigenvalue weighted by Crippen LogP contribution is 2.18. The first-order chi connectivity index (χ1) is 8.72. The second-order valence-electron chi connectivity index (χ2n) is 4.00. The number of carbonyl (C=O) groups is 1. The molecule has 0 aromatic heterocycles. The van der Waals surface area contributed by atoms with Crippen LogP contribution in [0.3, 0.4) is 0 Å². The van der Waals surface area contributed by atoms with Gasteiger partial charge in [-0.05, 0) is 12.1 Å². The highest BCUT2D eigenvalue weighted by atomic mass is 19.1. The SMILES string of the molecule is NCc1c(F)cccc1NC(=O)N1CCOCC1. The van der Waals surface area contributed by atoms with Crippen LogP contribution in [0, 0.1) is 5.82 Å². The summed E-state index contributed by atoms with van der Waals surface area (Å²) in [7, 11) is 0. The predicted octanol–water partition coefficient (Wildman–Crippen LogP) is 1.15. The molecular formula is C12H16FN3O2. The number of carbonyl (C=O) groups excluding carboxylic acids is 1. The number of halogens is 1. The van der Waals surface area contributed by atoms with Gasteiger partial charge in [0, 0.05) is 30.9 Å². The van der Waals surface area contributed by atoms with Gasteiger partial charge in [0.05, 0.1) is 13.2 Å². The fourth-order valence-corrected chi connectivity index (χ4v) is 1.84. The van der Waals surface area contributed by atoms with Gasteiger partial charge in [-0.2, -0.15) is 0 Å². The highest BCUT2D eigenvalue weighted by Gasteiger charge is 2.18. The van der Waals surface area contributed by atoms with Gasteiger partial charge >= 0.3 is 6.03 Å². The van der Waals surface area contributed by atoms with Gasteiger partial charge in [0.15, 0.2) is 0 Å². The summed E-state index contributed by atoms with van der Waals surface area (Å²) in [6.07, 6.45) is 0. The lowest BCUT2D eigenvalue weighted by molar-refractivity contribution is 0.0564. The van der Waals surface area contributed by atoms with Gasteiger partial charge in [-0.15, -0.1) is 0 Å². The molecule has 1 aromatic rings. The first-order valence-electron chi connectivity index (χ1n) is 5.83. The monoisotopic (exact) mass is 253 g/mol. The largest absolute Gasteiger partial charge is 0.378 e. The lowest BCUT2D eigenvalue weighted by Gasteiger charge is -2.27. The minimum atomic E-state index is -0.405. The molecule has 0 saturated carbocycles. The summed E-state index contributed by atoms with van der Waals surface area (Å²) in [5, 5.41) is 2.68. The molecule has 18 heavy (non-hydrogen) atoms. The third-order valence-corrected chi connectivity index (χ3v) is 2.86. The molecule has 1 aromatic carbocycles. The van der Waals surface area contributed by atoms with Crippen molar-refractivity contribution in [1.82, 2.24) is 4.90 Å². The van der Waals surface area contributed by atoms with Crippen molar-refractivity contribution in [3.8, 4) is 0 Å². The van der Waals surface area contributed by atoms with Crippen LogP contribution in [0.1, 0.15) is 5.56 Å². The predicted molar refractivity (Wildman–Crippen MR) is 65.7 cm³/mol. The number of amides is 2. The van der Waals surface area contributed by atoms with Crippen LogP contribution in [0.2, 0.25) is 0 Å².